The van der Waals surface area contributed by atoms with E-state index >= 15 is 0 Å². The second kappa shape index (κ2) is 4.55. The predicted octanol–water partition coefficient (Wildman–Crippen LogP) is 2.18. The number of amides is 1. The lowest BCUT2D eigenvalue weighted by molar-refractivity contribution is 0.0954. The van der Waals surface area contributed by atoms with Crippen LogP contribution in [0.3, 0.4) is 0 Å². The summed E-state index contributed by atoms with van der Waals surface area (Å²) in [6.45, 7) is 2.37. The van der Waals surface area contributed by atoms with Crippen LogP contribution in [0.1, 0.15) is 17.3 Å². The predicted molar refractivity (Wildman–Crippen MR) is 57.1 cm³/mol. The monoisotopic (exact) mass is 293 g/mol. The highest BCUT2D eigenvalue weighted by atomic mass is 127. The minimum Gasteiger partial charge on any atom is -0.352 e. The number of carbonyl (C=O) groups is 1. The summed E-state index contributed by atoms with van der Waals surface area (Å²) in [4.78, 5) is 11.3. The molecule has 0 spiro atoms. The summed E-state index contributed by atoms with van der Waals surface area (Å²) in [7, 11) is 0. The average molecular weight is 293 g/mol. The van der Waals surface area contributed by atoms with Gasteiger partial charge in [-0.1, -0.05) is 0 Å². The normalized spacial score (nSPS) is 9.77. The zero-order chi connectivity index (χ0) is 9.84. The lowest BCUT2D eigenvalue weighted by atomic mass is 10.2. The van der Waals surface area contributed by atoms with Crippen LogP contribution in [0.2, 0.25) is 0 Å². The fourth-order valence-corrected chi connectivity index (χ4v) is 1.51. The first-order chi connectivity index (χ1) is 6.15. The molecular formula is C9H9FINO. The molecule has 2 nitrogen and oxygen atoms in total. The van der Waals surface area contributed by atoms with Gasteiger partial charge in [0.05, 0.1) is 5.56 Å². The minimum absolute atomic E-state index is 0.230. The lowest BCUT2D eigenvalue weighted by Gasteiger charge is -2.04. The van der Waals surface area contributed by atoms with E-state index in [1.807, 2.05) is 29.5 Å². The summed E-state index contributed by atoms with van der Waals surface area (Å²) < 4.78 is 13.5. The second-order valence-corrected chi connectivity index (χ2v) is 3.65. The van der Waals surface area contributed by atoms with Crippen LogP contribution in [-0.4, -0.2) is 12.5 Å². The van der Waals surface area contributed by atoms with Crippen molar-refractivity contribution in [2.45, 2.75) is 6.92 Å². The number of rotatable bonds is 2. The largest absolute Gasteiger partial charge is 0.352 e. The highest BCUT2D eigenvalue weighted by Gasteiger charge is 2.09. The molecule has 1 rings (SSSR count). The molecule has 70 valence electrons. The van der Waals surface area contributed by atoms with Crippen LogP contribution >= 0.6 is 22.6 Å². The van der Waals surface area contributed by atoms with E-state index < -0.39 is 0 Å². The van der Waals surface area contributed by atoms with Gasteiger partial charge in [0.25, 0.3) is 5.91 Å². The Labute approximate surface area is 89.7 Å². The van der Waals surface area contributed by atoms with Crippen LogP contribution < -0.4 is 5.32 Å². The maximum Gasteiger partial charge on any atom is 0.252 e. The summed E-state index contributed by atoms with van der Waals surface area (Å²) in [6, 6.07) is 4.16. The van der Waals surface area contributed by atoms with Crippen LogP contribution in [0.15, 0.2) is 18.2 Å². The van der Waals surface area contributed by atoms with Crippen molar-refractivity contribution in [2.75, 3.05) is 6.54 Å². The van der Waals surface area contributed by atoms with Gasteiger partial charge in [-0.15, -0.1) is 0 Å². The number of benzene rings is 1. The summed E-state index contributed by atoms with van der Waals surface area (Å²) in [5.74, 6) is -0.618. The minimum atomic E-state index is -0.387. The Hall–Kier alpha value is -0.650. The molecule has 0 bridgehead atoms. The molecule has 1 aromatic carbocycles. The van der Waals surface area contributed by atoms with Crippen LogP contribution in [0.4, 0.5) is 4.39 Å². The van der Waals surface area contributed by atoms with Crippen molar-refractivity contribution in [1.29, 1.82) is 0 Å². The molecule has 1 aromatic rings. The standard InChI is InChI=1S/C9H9FINO/c1-2-12-9(13)7-5-6(10)3-4-8(7)11/h3-5H,2H2,1H3,(H,12,13). The van der Waals surface area contributed by atoms with Crippen LogP contribution in [-0.2, 0) is 0 Å². The van der Waals surface area contributed by atoms with Crippen LogP contribution in [0.5, 0.6) is 0 Å². The van der Waals surface area contributed by atoms with Gasteiger partial charge in [0.1, 0.15) is 5.82 Å². The van der Waals surface area contributed by atoms with E-state index in [0.29, 0.717) is 12.1 Å². The van der Waals surface area contributed by atoms with Crippen molar-refractivity contribution in [3.05, 3.63) is 33.1 Å². The molecule has 0 saturated heterocycles. The molecule has 0 unspecified atom stereocenters. The average Bonchev–Trinajstić information content (AvgIpc) is 2.09. The van der Waals surface area contributed by atoms with Gasteiger partial charge in [-0.3, -0.25) is 4.79 Å². The zero-order valence-corrected chi connectivity index (χ0v) is 9.26. The van der Waals surface area contributed by atoms with E-state index in [4.69, 9.17) is 0 Å². The van der Waals surface area contributed by atoms with E-state index in [2.05, 4.69) is 5.32 Å². The molecule has 0 aliphatic heterocycles. The van der Waals surface area contributed by atoms with E-state index in [-0.39, 0.29) is 11.7 Å². The topological polar surface area (TPSA) is 29.1 Å². The Morgan fingerprint density at radius 3 is 2.92 bits per heavy atom. The Bertz CT molecular complexity index is 327. The molecule has 1 N–H and O–H groups in total. The van der Waals surface area contributed by atoms with E-state index in [0.717, 1.165) is 3.57 Å². The molecule has 1 amide bonds. The van der Waals surface area contributed by atoms with Crippen molar-refractivity contribution < 1.29 is 9.18 Å². The fraction of sp³-hybridized carbons (Fsp3) is 0.222. The quantitative estimate of drug-likeness (QED) is 0.832. The third kappa shape index (κ3) is 2.65. The maximum absolute atomic E-state index is 12.8. The number of nitrogens with one attached hydrogen (secondary N) is 1. The van der Waals surface area contributed by atoms with Gasteiger partial charge >= 0.3 is 0 Å². The number of carbonyl (C=O) groups excluding carboxylic acids is 1. The van der Waals surface area contributed by atoms with Gasteiger partial charge in [0.2, 0.25) is 0 Å². The zero-order valence-electron chi connectivity index (χ0n) is 7.10. The Morgan fingerprint density at radius 2 is 2.31 bits per heavy atom. The highest BCUT2D eigenvalue weighted by molar-refractivity contribution is 14.1. The Balaban J connectivity index is 2.99. The number of halogens is 2. The summed E-state index contributed by atoms with van der Waals surface area (Å²) in [5, 5.41) is 2.62. The van der Waals surface area contributed by atoms with E-state index in [1.165, 1.54) is 12.1 Å². The van der Waals surface area contributed by atoms with Gasteiger partial charge in [-0.05, 0) is 47.7 Å². The lowest BCUT2D eigenvalue weighted by Crippen LogP contribution is -2.23. The second-order valence-electron chi connectivity index (χ2n) is 2.48. The molecule has 0 saturated carbocycles. The van der Waals surface area contributed by atoms with Gasteiger partial charge < -0.3 is 5.32 Å². The van der Waals surface area contributed by atoms with Gasteiger partial charge in [0, 0.05) is 10.1 Å². The third-order valence-corrected chi connectivity index (χ3v) is 2.45. The Morgan fingerprint density at radius 1 is 1.62 bits per heavy atom. The molecule has 0 aliphatic rings. The van der Waals surface area contributed by atoms with Crippen LogP contribution in [0, 0.1) is 9.39 Å². The SMILES string of the molecule is CCNC(=O)c1cc(F)ccc1I. The summed E-state index contributed by atoms with van der Waals surface area (Å²) in [6.07, 6.45) is 0. The first-order valence-electron chi connectivity index (χ1n) is 3.88. The molecule has 0 atom stereocenters. The molecule has 0 heterocycles. The molecule has 4 heteroatoms. The maximum atomic E-state index is 12.8. The van der Waals surface area contributed by atoms with Crippen LogP contribution in [0.25, 0.3) is 0 Å². The summed E-state index contributed by atoms with van der Waals surface area (Å²) >= 11 is 2.00. The van der Waals surface area contributed by atoms with Crippen molar-refractivity contribution >= 4 is 28.5 Å². The van der Waals surface area contributed by atoms with Crippen molar-refractivity contribution in [3.63, 3.8) is 0 Å². The van der Waals surface area contributed by atoms with E-state index in [9.17, 15) is 9.18 Å². The highest BCUT2D eigenvalue weighted by Crippen LogP contribution is 2.13. The molecule has 0 fully saturated rings. The Kier molecular flexibility index (Phi) is 3.65. The fourth-order valence-electron chi connectivity index (χ4n) is 0.927. The molecule has 13 heavy (non-hydrogen) atoms. The van der Waals surface area contributed by atoms with Crippen molar-refractivity contribution in [2.24, 2.45) is 0 Å². The number of hydrogen-bond donors (Lipinski definition) is 1. The van der Waals surface area contributed by atoms with Crippen molar-refractivity contribution in [1.82, 2.24) is 5.32 Å². The number of hydrogen-bond acceptors (Lipinski definition) is 1. The van der Waals surface area contributed by atoms with Crippen molar-refractivity contribution in [3.8, 4) is 0 Å². The first kappa shape index (κ1) is 10.4. The molecule has 0 aliphatic carbocycles. The molecule has 0 aromatic heterocycles. The summed E-state index contributed by atoms with van der Waals surface area (Å²) in [5.41, 5.74) is 0.391. The third-order valence-electron chi connectivity index (χ3n) is 1.51. The molecular weight excluding hydrogens is 284 g/mol. The molecule has 0 radical (unpaired) electrons. The first-order valence-corrected chi connectivity index (χ1v) is 4.96. The van der Waals surface area contributed by atoms with Gasteiger partial charge in [0.15, 0.2) is 0 Å². The smallest absolute Gasteiger partial charge is 0.252 e. The van der Waals surface area contributed by atoms with E-state index in [1.54, 1.807) is 6.07 Å². The van der Waals surface area contributed by atoms with Gasteiger partial charge in [-0.25, -0.2) is 4.39 Å². The van der Waals surface area contributed by atoms with Gasteiger partial charge in [-0.2, -0.15) is 0 Å².